The lowest BCUT2D eigenvalue weighted by Gasteiger charge is -2.18. The first-order chi connectivity index (χ1) is 11.8. The molecule has 0 aliphatic heterocycles. The molecule has 1 unspecified atom stereocenters. The van der Waals surface area contributed by atoms with Crippen molar-refractivity contribution < 1.29 is 13.9 Å². The molecule has 0 aliphatic rings. The highest BCUT2D eigenvalue weighted by molar-refractivity contribution is 5.74. The fraction of sp³-hybridized carbons (Fsp3) is 0.333. The van der Waals surface area contributed by atoms with E-state index in [1.54, 1.807) is 13.8 Å². The van der Waals surface area contributed by atoms with Gasteiger partial charge in [0, 0.05) is 16.8 Å². The number of aromatic amines is 1. The standard InChI is InChI=1S/C18H22FN3O3/c1-10-7-11(2)21-17(23)15(10)9-20-18(24)22-12(3)14-8-13(19)5-6-16(14)25-4/h5-8,12H,9H2,1-4H3,(H,21,23)(H2,20,22,24). The molecule has 25 heavy (non-hydrogen) atoms. The number of nitrogens with one attached hydrogen (secondary N) is 3. The molecular weight excluding hydrogens is 325 g/mol. The first-order valence-corrected chi connectivity index (χ1v) is 7.89. The van der Waals surface area contributed by atoms with E-state index in [2.05, 4.69) is 15.6 Å². The predicted molar refractivity (Wildman–Crippen MR) is 93.3 cm³/mol. The van der Waals surface area contributed by atoms with Crippen LogP contribution in [0.5, 0.6) is 5.75 Å². The second-order valence-corrected chi connectivity index (χ2v) is 5.88. The van der Waals surface area contributed by atoms with Gasteiger partial charge in [0.15, 0.2) is 0 Å². The number of benzene rings is 1. The zero-order valence-corrected chi connectivity index (χ0v) is 14.7. The van der Waals surface area contributed by atoms with E-state index in [-0.39, 0.29) is 12.1 Å². The van der Waals surface area contributed by atoms with Gasteiger partial charge in [-0.15, -0.1) is 0 Å². The third kappa shape index (κ3) is 4.59. The van der Waals surface area contributed by atoms with Crippen LogP contribution in [-0.2, 0) is 6.54 Å². The summed E-state index contributed by atoms with van der Waals surface area (Å²) in [6, 6.07) is 5.04. The fourth-order valence-electron chi connectivity index (χ4n) is 2.64. The number of ether oxygens (including phenoxy) is 1. The quantitative estimate of drug-likeness (QED) is 0.778. The monoisotopic (exact) mass is 347 g/mol. The Morgan fingerprint density at radius 1 is 1.32 bits per heavy atom. The lowest BCUT2D eigenvalue weighted by atomic mass is 10.1. The molecule has 134 valence electrons. The highest BCUT2D eigenvalue weighted by Crippen LogP contribution is 2.25. The maximum absolute atomic E-state index is 13.5. The Balaban J connectivity index is 2.04. The van der Waals surface area contributed by atoms with Crippen molar-refractivity contribution >= 4 is 6.03 Å². The Labute approximate surface area is 145 Å². The topological polar surface area (TPSA) is 83.2 Å². The number of urea groups is 1. The Morgan fingerprint density at radius 3 is 2.68 bits per heavy atom. The summed E-state index contributed by atoms with van der Waals surface area (Å²) in [5.41, 5.74) is 2.38. The van der Waals surface area contributed by atoms with E-state index in [4.69, 9.17) is 4.74 Å². The third-order valence-electron chi connectivity index (χ3n) is 3.93. The number of amides is 2. The van der Waals surface area contributed by atoms with E-state index in [1.165, 1.54) is 25.3 Å². The predicted octanol–water partition coefficient (Wildman–Crippen LogP) is 2.70. The van der Waals surface area contributed by atoms with Gasteiger partial charge in [-0.3, -0.25) is 4.79 Å². The summed E-state index contributed by atoms with van der Waals surface area (Å²) in [4.78, 5) is 26.8. The number of halogens is 1. The highest BCUT2D eigenvalue weighted by atomic mass is 19.1. The molecule has 0 saturated carbocycles. The molecule has 0 fully saturated rings. The third-order valence-corrected chi connectivity index (χ3v) is 3.93. The molecule has 0 saturated heterocycles. The lowest BCUT2D eigenvalue weighted by molar-refractivity contribution is 0.237. The van der Waals surface area contributed by atoms with Gasteiger partial charge in [-0.25, -0.2) is 9.18 Å². The highest BCUT2D eigenvalue weighted by Gasteiger charge is 2.15. The van der Waals surface area contributed by atoms with Crippen LogP contribution in [0.1, 0.15) is 35.3 Å². The molecular formula is C18H22FN3O3. The number of H-pyrrole nitrogens is 1. The van der Waals surface area contributed by atoms with Crippen molar-refractivity contribution in [3.8, 4) is 5.75 Å². The molecule has 1 aromatic carbocycles. The zero-order valence-electron chi connectivity index (χ0n) is 14.7. The summed E-state index contributed by atoms with van der Waals surface area (Å²) in [6.45, 7) is 5.44. The second kappa shape index (κ2) is 7.83. The van der Waals surface area contributed by atoms with Gasteiger partial charge < -0.3 is 20.4 Å². The van der Waals surface area contributed by atoms with Crippen molar-refractivity contribution in [3.63, 3.8) is 0 Å². The number of carbonyl (C=O) groups is 1. The SMILES string of the molecule is COc1ccc(F)cc1C(C)NC(=O)NCc1c(C)cc(C)[nH]c1=O. The largest absolute Gasteiger partial charge is 0.496 e. The minimum atomic E-state index is -0.469. The van der Waals surface area contributed by atoms with Crippen molar-refractivity contribution in [2.24, 2.45) is 0 Å². The van der Waals surface area contributed by atoms with Crippen LogP contribution in [0.15, 0.2) is 29.1 Å². The van der Waals surface area contributed by atoms with Crippen LogP contribution in [0.4, 0.5) is 9.18 Å². The maximum Gasteiger partial charge on any atom is 0.315 e. The Bertz CT molecular complexity index is 833. The van der Waals surface area contributed by atoms with Crippen LogP contribution >= 0.6 is 0 Å². The minimum Gasteiger partial charge on any atom is -0.496 e. The van der Waals surface area contributed by atoms with Gasteiger partial charge in [-0.1, -0.05) is 0 Å². The number of aromatic nitrogens is 1. The maximum atomic E-state index is 13.5. The van der Waals surface area contributed by atoms with Crippen LogP contribution in [0, 0.1) is 19.7 Å². The minimum absolute atomic E-state index is 0.0975. The average Bonchev–Trinajstić information content (AvgIpc) is 2.53. The Hall–Kier alpha value is -2.83. The second-order valence-electron chi connectivity index (χ2n) is 5.88. The molecule has 0 radical (unpaired) electrons. The van der Waals surface area contributed by atoms with Crippen molar-refractivity contribution in [1.82, 2.24) is 15.6 Å². The molecule has 0 bridgehead atoms. The molecule has 6 nitrogen and oxygen atoms in total. The van der Waals surface area contributed by atoms with Gasteiger partial charge >= 0.3 is 6.03 Å². The molecule has 7 heteroatoms. The average molecular weight is 347 g/mol. The Morgan fingerprint density at radius 2 is 2.04 bits per heavy atom. The number of methoxy groups -OCH3 is 1. The molecule has 3 N–H and O–H groups in total. The van der Waals surface area contributed by atoms with E-state index in [0.29, 0.717) is 16.9 Å². The van der Waals surface area contributed by atoms with Gasteiger partial charge in [0.05, 0.1) is 19.7 Å². The smallest absolute Gasteiger partial charge is 0.315 e. The molecule has 0 spiro atoms. The van der Waals surface area contributed by atoms with Crippen LogP contribution in [-0.4, -0.2) is 18.1 Å². The van der Waals surface area contributed by atoms with Crippen molar-refractivity contribution in [2.75, 3.05) is 7.11 Å². The number of rotatable bonds is 5. The van der Waals surface area contributed by atoms with E-state index < -0.39 is 17.9 Å². The molecule has 2 amide bonds. The number of pyridine rings is 1. The first-order valence-electron chi connectivity index (χ1n) is 7.89. The van der Waals surface area contributed by atoms with Gasteiger partial charge in [-0.05, 0) is 50.6 Å². The van der Waals surface area contributed by atoms with E-state index in [1.807, 2.05) is 13.0 Å². The molecule has 2 aromatic rings. The Kier molecular flexibility index (Phi) is 5.80. The van der Waals surface area contributed by atoms with Crippen LogP contribution < -0.4 is 20.9 Å². The summed E-state index contributed by atoms with van der Waals surface area (Å²) in [5, 5.41) is 5.36. The first kappa shape index (κ1) is 18.5. The summed E-state index contributed by atoms with van der Waals surface area (Å²) in [7, 11) is 1.48. The van der Waals surface area contributed by atoms with Gasteiger partial charge in [0.1, 0.15) is 11.6 Å². The fourth-order valence-corrected chi connectivity index (χ4v) is 2.64. The molecule has 1 heterocycles. The molecule has 2 rings (SSSR count). The summed E-state index contributed by atoms with van der Waals surface area (Å²) in [5.74, 6) is 0.0756. The van der Waals surface area contributed by atoms with E-state index >= 15 is 0 Å². The molecule has 0 aliphatic carbocycles. The molecule has 1 atom stereocenters. The zero-order chi connectivity index (χ0) is 18.6. The van der Waals surface area contributed by atoms with E-state index in [9.17, 15) is 14.0 Å². The number of aryl methyl sites for hydroxylation is 2. The normalized spacial score (nSPS) is 11.7. The van der Waals surface area contributed by atoms with E-state index in [0.717, 1.165) is 11.3 Å². The lowest BCUT2D eigenvalue weighted by Crippen LogP contribution is -2.38. The van der Waals surface area contributed by atoms with Crippen molar-refractivity contribution in [2.45, 2.75) is 33.4 Å². The van der Waals surface area contributed by atoms with Gasteiger partial charge in [0.2, 0.25) is 0 Å². The summed E-state index contributed by atoms with van der Waals surface area (Å²) >= 11 is 0. The van der Waals surface area contributed by atoms with Gasteiger partial charge in [-0.2, -0.15) is 0 Å². The van der Waals surface area contributed by atoms with Gasteiger partial charge in [0.25, 0.3) is 5.56 Å². The number of carbonyl (C=O) groups excluding carboxylic acids is 1. The summed E-state index contributed by atoms with van der Waals surface area (Å²) in [6.07, 6.45) is 0. The number of hydrogen-bond acceptors (Lipinski definition) is 3. The van der Waals surface area contributed by atoms with Crippen LogP contribution in [0.3, 0.4) is 0 Å². The van der Waals surface area contributed by atoms with Crippen molar-refractivity contribution in [1.29, 1.82) is 0 Å². The van der Waals surface area contributed by atoms with Crippen molar-refractivity contribution in [3.05, 3.63) is 62.8 Å². The number of hydrogen-bond donors (Lipinski definition) is 3. The summed E-state index contributed by atoms with van der Waals surface area (Å²) < 4.78 is 18.6. The van der Waals surface area contributed by atoms with Crippen LogP contribution in [0.25, 0.3) is 0 Å². The van der Waals surface area contributed by atoms with Crippen LogP contribution in [0.2, 0.25) is 0 Å². The molecule has 1 aromatic heterocycles.